The molecule has 0 spiro atoms. The third kappa shape index (κ3) is 3.14. The van der Waals surface area contributed by atoms with E-state index in [-0.39, 0.29) is 12.1 Å². The number of aliphatic hydroxyl groups is 1. The number of hydrogen-bond acceptors (Lipinski definition) is 2. The van der Waals surface area contributed by atoms with Crippen LogP contribution in [0.3, 0.4) is 0 Å². The highest BCUT2D eigenvalue weighted by Gasteiger charge is 2.17. The molecule has 0 saturated heterocycles. The van der Waals surface area contributed by atoms with Crippen LogP contribution in [0, 0.1) is 25.5 Å². The van der Waals surface area contributed by atoms with E-state index in [1.807, 2.05) is 32.0 Å². The average molecular weight is 277 g/mol. The summed E-state index contributed by atoms with van der Waals surface area (Å²) in [7, 11) is 0. The molecule has 2 nitrogen and oxygen atoms in total. The summed E-state index contributed by atoms with van der Waals surface area (Å²) in [4.78, 5) is 0. The summed E-state index contributed by atoms with van der Waals surface area (Å²) in [6.45, 7) is 3.93. The number of hydrogen-bond donors (Lipinski definition) is 2. The fraction of sp³-hybridized carbons (Fsp3) is 0.250. The van der Waals surface area contributed by atoms with E-state index in [9.17, 15) is 13.9 Å². The first kappa shape index (κ1) is 14.5. The van der Waals surface area contributed by atoms with Gasteiger partial charge in [0.2, 0.25) is 0 Å². The maximum absolute atomic E-state index is 13.5. The van der Waals surface area contributed by atoms with Crippen molar-refractivity contribution in [3.05, 3.63) is 64.7 Å². The number of rotatable bonds is 4. The van der Waals surface area contributed by atoms with Crippen LogP contribution < -0.4 is 5.32 Å². The van der Waals surface area contributed by atoms with E-state index in [2.05, 4.69) is 5.32 Å². The second-order valence-corrected chi connectivity index (χ2v) is 4.85. The summed E-state index contributed by atoms with van der Waals surface area (Å²) in [6.07, 6.45) is -1.24. The van der Waals surface area contributed by atoms with Gasteiger partial charge in [-0.15, -0.1) is 0 Å². The van der Waals surface area contributed by atoms with E-state index >= 15 is 0 Å². The highest BCUT2D eigenvalue weighted by Crippen LogP contribution is 2.22. The number of benzene rings is 2. The highest BCUT2D eigenvalue weighted by atomic mass is 19.1. The summed E-state index contributed by atoms with van der Waals surface area (Å²) in [6, 6.07) is 9.42. The maximum Gasteiger partial charge on any atom is 0.132 e. The summed E-state index contributed by atoms with van der Waals surface area (Å²) in [5, 5.41) is 13.0. The third-order valence-electron chi connectivity index (χ3n) is 3.21. The van der Waals surface area contributed by atoms with Crippen LogP contribution in [-0.4, -0.2) is 11.7 Å². The molecular weight excluding hydrogens is 260 g/mol. The molecule has 0 heterocycles. The van der Waals surface area contributed by atoms with Crippen molar-refractivity contribution >= 4 is 5.69 Å². The van der Waals surface area contributed by atoms with Crippen molar-refractivity contribution < 1.29 is 13.9 Å². The fourth-order valence-electron chi connectivity index (χ4n) is 2.06. The predicted molar refractivity (Wildman–Crippen MR) is 75.7 cm³/mol. The zero-order valence-corrected chi connectivity index (χ0v) is 11.5. The third-order valence-corrected chi connectivity index (χ3v) is 3.21. The van der Waals surface area contributed by atoms with Crippen molar-refractivity contribution in [3.63, 3.8) is 0 Å². The Morgan fingerprint density at radius 2 is 1.75 bits per heavy atom. The lowest BCUT2D eigenvalue weighted by molar-refractivity contribution is 0.181. The molecule has 2 rings (SSSR count). The molecule has 0 radical (unpaired) electrons. The molecule has 0 aliphatic heterocycles. The molecule has 0 aromatic heterocycles. The van der Waals surface area contributed by atoms with Gasteiger partial charge in [0.05, 0.1) is 5.56 Å². The lowest BCUT2D eigenvalue weighted by atomic mass is 10.1. The molecule has 0 bridgehead atoms. The van der Waals surface area contributed by atoms with Gasteiger partial charge in [0.25, 0.3) is 0 Å². The summed E-state index contributed by atoms with van der Waals surface area (Å²) in [5.74, 6) is -1.47. The summed E-state index contributed by atoms with van der Waals surface area (Å²) in [5.41, 5.74) is 2.63. The van der Waals surface area contributed by atoms with E-state index < -0.39 is 17.7 Å². The molecule has 20 heavy (non-hydrogen) atoms. The van der Waals surface area contributed by atoms with Crippen LogP contribution in [0.2, 0.25) is 0 Å². The second-order valence-electron chi connectivity index (χ2n) is 4.85. The minimum Gasteiger partial charge on any atom is -0.386 e. The smallest absolute Gasteiger partial charge is 0.132 e. The first-order chi connectivity index (χ1) is 9.49. The van der Waals surface area contributed by atoms with Crippen molar-refractivity contribution in [3.8, 4) is 0 Å². The van der Waals surface area contributed by atoms with E-state index in [0.717, 1.165) is 28.9 Å². The van der Waals surface area contributed by atoms with Crippen LogP contribution in [0.5, 0.6) is 0 Å². The SMILES string of the molecule is Cc1ccc(C)c(NCC(O)c2c(F)cccc2F)c1. The van der Waals surface area contributed by atoms with Gasteiger partial charge in [-0.1, -0.05) is 18.2 Å². The van der Waals surface area contributed by atoms with Crippen LogP contribution in [0.25, 0.3) is 0 Å². The zero-order valence-electron chi connectivity index (χ0n) is 11.5. The maximum atomic E-state index is 13.5. The molecule has 2 aromatic carbocycles. The Morgan fingerprint density at radius 3 is 2.40 bits per heavy atom. The Labute approximate surface area is 117 Å². The molecule has 1 atom stereocenters. The lowest BCUT2D eigenvalue weighted by Crippen LogP contribution is -2.15. The van der Waals surface area contributed by atoms with E-state index in [1.165, 1.54) is 6.07 Å². The lowest BCUT2D eigenvalue weighted by Gasteiger charge is -2.16. The van der Waals surface area contributed by atoms with Gasteiger partial charge in [0.1, 0.15) is 17.7 Å². The van der Waals surface area contributed by atoms with Crippen LogP contribution in [0.15, 0.2) is 36.4 Å². The number of nitrogens with one attached hydrogen (secondary N) is 1. The molecule has 0 amide bonds. The first-order valence-electron chi connectivity index (χ1n) is 6.42. The number of halogens is 2. The molecule has 0 aliphatic carbocycles. The summed E-state index contributed by atoms with van der Waals surface area (Å²) < 4.78 is 27.1. The fourth-order valence-corrected chi connectivity index (χ4v) is 2.06. The molecule has 0 aliphatic rings. The molecule has 4 heteroatoms. The molecule has 1 unspecified atom stereocenters. The van der Waals surface area contributed by atoms with Gasteiger partial charge in [0, 0.05) is 12.2 Å². The standard InChI is InChI=1S/C16H17F2NO/c1-10-6-7-11(2)14(8-10)19-9-15(20)16-12(17)4-3-5-13(16)18/h3-8,15,19-20H,9H2,1-2H3. The average Bonchev–Trinajstić information content (AvgIpc) is 2.39. The van der Waals surface area contributed by atoms with Crippen LogP contribution in [-0.2, 0) is 0 Å². The zero-order chi connectivity index (χ0) is 14.7. The molecule has 106 valence electrons. The minimum atomic E-state index is -1.24. The highest BCUT2D eigenvalue weighted by molar-refractivity contribution is 5.52. The van der Waals surface area contributed by atoms with Crippen molar-refractivity contribution in [1.29, 1.82) is 0 Å². The quantitative estimate of drug-likeness (QED) is 0.892. The van der Waals surface area contributed by atoms with E-state index in [1.54, 1.807) is 0 Å². The molecule has 2 aromatic rings. The van der Waals surface area contributed by atoms with Gasteiger partial charge in [-0.05, 0) is 43.2 Å². The van der Waals surface area contributed by atoms with Crippen LogP contribution >= 0.6 is 0 Å². The van der Waals surface area contributed by atoms with Gasteiger partial charge in [-0.3, -0.25) is 0 Å². The van der Waals surface area contributed by atoms with E-state index in [4.69, 9.17) is 0 Å². The summed E-state index contributed by atoms with van der Waals surface area (Å²) >= 11 is 0. The first-order valence-corrected chi connectivity index (χ1v) is 6.42. The van der Waals surface area contributed by atoms with Crippen molar-refractivity contribution in [2.45, 2.75) is 20.0 Å². The Hall–Kier alpha value is -1.94. The normalized spacial score (nSPS) is 12.2. The van der Waals surface area contributed by atoms with Gasteiger partial charge >= 0.3 is 0 Å². The van der Waals surface area contributed by atoms with Crippen molar-refractivity contribution in [1.82, 2.24) is 0 Å². The minimum absolute atomic E-state index is 0.0438. The second kappa shape index (κ2) is 6.01. The predicted octanol–water partition coefficient (Wildman–Crippen LogP) is 3.73. The topological polar surface area (TPSA) is 32.3 Å². The molecule has 0 fully saturated rings. The molecular formula is C16H17F2NO. The van der Waals surface area contributed by atoms with Gasteiger partial charge < -0.3 is 10.4 Å². The largest absolute Gasteiger partial charge is 0.386 e. The molecule has 2 N–H and O–H groups in total. The van der Waals surface area contributed by atoms with Gasteiger partial charge in [-0.2, -0.15) is 0 Å². The Bertz CT molecular complexity index is 593. The Balaban J connectivity index is 2.13. The van der Waals surface area contributed by atoms with Crippen molar-refractivity contribution in [2.75, 3.05) is 11.9 Å². The van der Waals surface area contributed by atoms with Crippen molar-refractivity contribution in [2.24, 2.45) is 0 Å². The van der Waals surface area contributed by atoms with Crippen LogP contribution in [0.1, 0.15) is 22.8 Å². The molecule has 0 saturated carbocycles. The number of aryl methyl sites for hydroxylation is 2. The Morgan fingerprint density at radius 1 is 1.10 bits per heavy atom. The van der Waals surface area contributed by atoms with Gasteiger partial charge in [-0.25, -0.2) is 8.78 Å². The number of aliphatic hydroxyl groups excluding tert-OH is 1. The van der Waals surface area contributed by atoms with E-state index in [0.29, 0.717) is 0 Å². The number of anilines is 1. The Kier molecular flexibility index (Phi) is 4.35. The van der Waals surface area contributed by atoms with Crippen LogP contribution in [0.4, 0.5) is 14.5 Å². The monoisotopic (exact) mass is 277 g/mol. The van der Waals surface area contributed by atoms with Gasteiger partial charge in [0.15, 0.2) is 0 Å².